The van der Waals surface area contributed by atoms with E-state index in [1.807, 2.05) is 0 Å². The first-order valence-corrected chi connectivity index (χ1v) is 6.86. The molecule has 0 aliphatic heterocycles. The molecule has 0 atom stereocenters. The maximum atomic E-state index is 6.04. The van der Waals surface area contributed by atoms with Gasteiger partial charge in [-0.25, -0.2) is 0 Å². The molecule has 0 bridgehead atoms. The van der Waals surface area contributed by atoms with Crippen LogP contribution in [0.1, 0.15) is 36.0 Å². The first kappa shape index (κ1) is 11.2. The Kier molecular flexibility index (Phi) is 2.93. The van der Waals surface area contributed by atoms with Crippen LogP contribution in [0.25, 0.3) is 0 Å². The van der Waals surface area contributed by atoms with Gasteiger partial charge in [0.15, 0.2) is 0 Å². The molecular weight excluding hydrogens is 208 g/mol. The molecule has 2 aliphatic rings. The predicted octanol–water partition coefficient (Wildman–Crippen LogP) is 1.80. The van der Waals surface area contributed by atoms with E-state index in [1.54, 1.807) is 11.1 Å². The zero-order valence-electron chi connectivity index (χ0n) is 10.5. The molecule has 0 aromatic heterocycles. The predicted molar refractivity (Wildman–Crippen MR) is 71.2 cm³/mol. The Morgan fingerprint density at radius 1 is 1.18 bits per heavy atom. The maximum absolute atomic E-state index is 6.04. The minimum absolute atomic E-state index is 0.137. The van der Waals surface area contributed by atoms with Gasteiger partial charge in [-0.15, -0.1) is 0 Å². The molecule has 0 saturated heterocycles. The Morgan fingerprint density at radius 2 is 2.00 bits per heavy atom. The Bertz CT molecular complexity index is 407. The number of aryl methyl sites for hydroxylation is 2. The topological polar surface area (TPSA) is 38.0 Å². The molecule has 2 nitrogen and oxygen atoms in total. The third kappa shape index (κ3) is 2.70. The van der Waals surface area contributed by atoms with E-state index >= 15 is 0 Å². The smallest absolute Gasteiger partial charge is 0.0282 e. The van der Waals surface area contributed by atoms with Gasteiger partial charge in [-0.1, -0.05) is 18.2 Å². The van der Waals surface area contributed by atoms with Crippen LogP contribution in [0.4, 0.5) is 0 Å². The van der Waals surface area contributed by atoms with Gasteiger partial charge in [-0.05, 0) is 61.8 Å². The van der Waals surface area contributed by atoms with Crippen LogP contribution in [0, 0.1) is 0 Å². The Hall–Kier alpha value is -0.860. The summed E-state index contributed by atoms with van der Waals surface area (Å²) in [5, 5.41) is 3.48. The monoisotopic (exact) mass is 230 g/mol. The van der Waals surface area contributed by atoms with Crippen molar-refractivity contribution in [3.8, 4) is 0 Å². The summed E-state index contributed by atoms with van der Waals surface area (Å²) in [7, 11) is 0. The highest BCUT2D eigenvalue weighted by Crippen LogP contribution is 2.30. The number of hydrogen-bond donors (Lipinski definition) is 2. The highest BCUT2D eigenvalue weighted by atomic mass is 15.0. The largest absolute Gasteiger partial charge is 0.324 e. The quantitative estimate of drug-likeness (QED) is 0.757. The van der Waals surface area contributed by atoms with Crippen LogP contribution in [0.5, 0.6) is 0 Å². The van der Waals surface area contributed by atoms with E-state index in [1.165, 1.54) is 37.7 Å². The second-order valence-electron chi connectivity index (χ2n) is 5.75. The van der Waals surface area contributed by atoms with Gasteiger partial charge in [-0.2, -0.15) is 0 Å². The summed E-state index contributed by atoms with van der Waals surface area (Å²) in [4.78, 5) is 0. The second kappa shape index (κ2) is 4.43. The maximum Gasteiger partial charge on any atom is 0.0282 e. The van der Waals surface area contributed by atoms with Gasteiger partial charge in [0, 0.05) is 12.1 Å². The average Bonchev–Trinajstić information content (AvgIpc) is 2.90. The normalized spacial score (nSPS) is 20.3. The summed E-state index contributed by atoms with van der Waals surface area (Å²) < 4.78 is 0. The molecule has 0 heterocycles. The number of hydrogen-bond acceptors (Lipinski definition) is 2. The molecule has 1 fully saturated rings. The molecule has 0 spiro atoms. The Morgan fingerprint density at radius 3 is 2.82 bits per heavy atom. The van der Waals surface area contributed by atoms with Crippen molar-refractivity contribution >= 4 is 0 Å². The molecule has 0 unspecified atom stereocenters. The fourth-order valence-corrected chi connectivity index (χ4v) is 2.69. The van der Waals surface area contributed by atoms with Crippen LogP contribution in [-0.2, 0) is 19.3 Å². The van der Waals surface area contributed by atoms with E-state index in [-0.39, 0.29) is 5.54 Å². The molecule has 92 valence electrons. The zero-order chi connectivity index (χ0) is 11.7. The first-order valence-electron chi connectivity index (χ1n) is 6.86. The lowest BCUT2D eigenvalue weighted by molar-refractivity contribution is 0.570. The van der Waals surface area contributed by atoms with Crippen molar-refractivity contribution in [2.75, 3.05) is 13.1 Å². The molecule has 0 amide bonds. The molecule has 17 heavy (non-hydrogen) atoms. The van der Waals surface area contributed by atoms with Crippen molar-refractivity contribution in [3.63, 3.8) is 0 Å². The molecule has 1 aromatic carbocycles. The van der Waals surface area contributed by atoms with Crippen LogP contribution in [0.3, 0.4) is 0 Å². The Labute approximate surface area is 104 Å². The summed E-state index contributed by atoms with van der Waals surface area (Å²) in [5.41, 5.74) is 10.8. The van der Waals surface area contributed by atoms with E-state index in [2.05, 4.69) is 23.5 Å². The zero-order valence-corrected chi connectivity index (χ0v) is 10.5. The summed E-state index contributed by atoms with van der Waals surface area (Å²) in [5.74, 6) is 0. The van der Waals surface area contributed by atoms with Crippen molar-refractivity contribution in [1.82, 2.24) is 5.32 Å². The van der Waals surface area contributed by atoms with Crippen LogP contribution in [-0.4, -0.2) is 18.6 Å². The summed E-state index contributed by atoms with van der Waals surface area (Å²) in [6, 6.07) is 7.02. The molecule has 2 aliphatic carbocycles. The van der Waals surface area contributed by atoms with Crippen molar-refractivity contribution in [2.24, 2.45) is 5.73 Å². The van der Waals surface area contributed by atoms with Gasteiger partial charge < -0.3 is 11.1 Å². The molecule has 2 heteroatoms. The number of benzene rings is 1. The fraction of sp³-hybridized carbons (Fsp3) is 0.600. The van der Waals surface area contributed by atoms with Gasteiger partial charge in [0.05, 0.1) is 0 Å². The highest BCUT2D eigenvalue weighted by Gasteiger charge is 2.37. The van der Waals surface area contributed by atoms with Gasteiger partial charge >= 0.3 is 0 Å². The lowest BCUT2D eigenvalue weighted by Crippen LogP contribution is -2.36. The molecule has 0 radical (unpaired) electrons. The molecule has 1 aromatic rings. The third-order valence-electron chi connectivity index (χ3n) is 4.12. The van der Waals surface area contributed by atoms with Crippen LogP contribution in [0.2, 0.25) is 0 Å². The lowest BCUT2D eigenvalue weighted by atomic mass is 10.0. The minimum atomic E-state index is 0.137. The second-order valence-corrected chi connectivity index (χ2v) is 5.75. The summed E-state index contributed by atoms with van der Waals surface area (Å²) in [6.07, 6.45) is 7.42. The third-order valence-corrected chi connectivity index (χ3v) is 4.12. The summed E-state index contributed by atoms with van der Waals surface area (Å²) in [6.45, 7) is 2.04. The van der Waals surface area contributed by atoms with Crippen LogP contribution < -0.4 is 11.1 Å². The van der Waals surface area contributed by atoms with Crippen molar-refractivity contribution < 1.29 is 0 Å². The number of nitrogens with two attached hydrogens (primary N) is 1. The van der Waals surface area contributed by atoms with E-state index in [4.69, 9.17) is 5.73 Å². The highest BCUT2D eigenvalue weighted by molar-refractivity contribution is 5.35. The van der Waals surface area contributed by atoms with Crippen molar-refractivity contribution in [1.29, 1.82) is 0 Å². The SMILES string of the molecule is NC1(CNCCc2ccc3c(c2)CCC3)CC1. The van der Waals surface area contributed by atoms with Crippen molar-refractivity contribution in [2.45, 2.75) is 44.1 Å². The van der Waals surface area contributed by atoms with Crippen LogP contribution in [0.15, 0.2) is 18.2 Å². The number of nitrogens with one attached hydrogen (secondary N) is 1. The van der Waals surface area contributed by atoms with Gasteiger partial charge in [-0.3, -0.25) is 0 Å². The standard InChI is InChI=1S/C15H22N2/c16-15(7-8-15)11-17-9-6-12-4-5-13-2-1-3-14(13)10-12/h4-5,10,17H,1-3,6-9,11,16H2. The molecule has 1 saturated carbocycles. The number of rotatable bonds is 5. The van der Waals surface area contributed by atoms with Crippen molar-refractivity contribution in [3.05, 3.63) is 34.9 Å². The van der Waals surface area contributed by atoms with E-state index < -0.39 is 0 Å². The first-order chi connectivity index (χ1) is 8.25. The average molecular weight is 230 g/mol. The summed E-state index contributed by atoms with van der Waals surface area (Å²) >= 11 is 0. The molecular formula is C15H22N2. The molecule has 3 N–H and O–H groups in total. The van der Waals surface area contributed by atoms with E-state index in [0.29, 0.717) is 0 Å². The van der Waals surface area contributed by atoms with E-state index in [9.17, 15) is 0 Å². The fourth-order valence-electron chi connectivity index (χ4n) is 2.69. The molecule has 3 rings (SSSR count). The van der Waals surface area contributed by atoms with Gasteiger partial charge in [0.2, 0.25) is 0 Å². The minimum Gasteiger partial charge on any atom is -0.324 e. The number of fused-ring (bicyclic) bond motifs is 1. The van der Waals surface area contributed by atoms with E-state index in [0.717, 1.165) is 19.5 Å². The van der Waals surface area contributed by atoms with Gasteiger partial charge in [0.1, 0.15) is 0 Å². The Balaban J connectivity index is 1.48. The lowest BCUT2D eigenvalue weighted by Gasteiger charge is -2.10. The van der Waals surface area contributed by atoms with Gasteiger partial charge in [0.25, 0.3) is 0 Å². The van der Waals surface area contributed by atoms with Crippen LogP contribution >= 0.6 is 0 Å².